The molecule has 0 aliphatic carbocycles. The molecule has 0 radical (unpaired) electrons. The Balaban J connectivity index is 1.64. The molecule has 0 saturated carbocycles. The van der Waals surface area contributed by atoms with Crippen LogP contribution in [0.15, 0.2) is 72.7 Å². The van der Waals surface area contributed by atoms with E-state index >= 15 is 0 Å². The number of carbonyl (C=O) groups is 1. The summed E-state index contributed by atoms with van der Waals surface area (Å²) in [4.78, 5) is 20.4. The maximum atomic E-state index is 12.9. The lowest BCUT2D eigenvalue weighted by atomic mass is 9.92. The summed E-state index contributed by atoms with van der Waals surface area (Å²) in [6.07, 6.45) is 1.43. The molecule has 0 bridgehead atoms. The van der Waals surface area contributed by atoms with Gasteiger partial charge in [-0.15, -0.1) is 0 Å². The molecule has 2 aromatic heterocycles. The van der Waals surface area contributed by atoms with Crippen molar-refractivity contribution in [3.05, 3.63) is 84.0 Å². The maximum absolute atomic E-state index is 12.9. The van der Waals surface area contributed by atoms with Crippen molar-refractivity contribution >= 4 is 28.1 Å². The van der Waals surface area contributed by atoms with Crippen molar-refractivity contribution in [3.8, 4) is 0 Å². The Morgan fingerprint density at radius 1 is 1.10 bits per heavy atom. The van der Waals surface area contributed by atoms with E-state index in [1.807, 2.05) is 37.3 Å². The molecular formula is C22H17F3N4O. The molecule has 3 heterocycles. The zero-order valence-electron chi connectivity index (χ0n) is 15.9. The first-order valence-electron chi connectivity index (χ1n) is 9.19. The molecule has 1 amide bonds. The zero-order valence-corrected chi connectivity index (χ0v) is 15.9. The number of aromatic nitrogens is 2. The Hall–Kier alpha value is -3.68. The minimum atomic E-state index is -4.59. The number of pyridine rings is 2. The van der Waals surface area contributed by atoms with E-state index in [1.165, 1.54) is 6.07 Å². The van der Waals surface area contributed by atoms with Crippen molar-refractivity contribution in [1.29, 1.82) is 0 Å². The van der Waals surface area contributed by atoms with Crippen molar-refractivity contribution in [2.45, 2.75) is 19.1 Å². The van der Waals surface area contributed by atoms with Gasteiger partial charge in [0.2, 0.25) is 0 Å². The summed E-state index contributed by atoms with van der Waals surface area (Å²) in [5, 5.41) is 6.60. The van der Waals surface area contributed by atoms with Gasteiger partial charge in [-0.1, -0.05) is 18.2 Å². The van der Waals surface area contributed by atoms with Crippen LogP contribution in [-0.2, 0) is 11.0 Å². The van der Waals surface area contributed by atoms with Crippen LogP contribution >= 0.6 is 0 Å². The number of anilines is 1. The van der Waals surface area contributed by atoms with Crippen LogP contribution < -0.4 is 10.6 Å². The molecule has 5 nitrogen and oxygen atoms in total. The molecule has 8 heteroatoms. The fraction of sp³-hybridized carbons (Fsp3) is 0.136. The molecular weight excluding hydrogens is 393 g/mol. The first kappa shape index (κ1) is 19.6. The Morgan fingerprint density at radius 3 is 2.73 bits per heavy atom. The summed E-state index contributed by atoms with van der Waals surface area (Å²) in [6, 6.07) is 11.6. The molecule has 0 fully saturated rings. The molecule has 1 unspecified atom stereocenters. The summed E-state index contributed by atoms with van der Waals surface area (Å²) in [6.45, 7) is 1.96. The summed E-state index contributed by atoms with van der Waals surface area (Å²) >= 11 is 0. The summed E-state index contributed by atoms with van der Waals surface area (Å²) in [5.41, 5.74) is 1.90. The van der Waals surface area contributed by atoms with Crippen molar-refractivity contribution in [3.63, 3.8) is 0 Å². The molecule has 152 valence electrons. The quantitative estimate of drug-likeness (QED) is 0.665. The number of nitrogens with one attached hydrogen (secondary N) is 2. The number of rotatable bonds is 3. The van der Waals surface area contributed by atoms with Gasteiger partial charge in [0.25, 0.3) is 5.91 Å². The Kier molecular flexibility index (Phi) is 4.99. The second kappa shape index (κ2) is 7.62. The van der Waals surface area contributed by atoms with Gasteiger partial charge in [0, 0.05) is 35.7 Å². The van der Waals surface area contributed by atoms with Crippen LogP contribution in [0.1, 0.15) is 18.2 Å². The van der Waals surface area contributed by atoms with Crippen LogP contribution in [0.25, 0.3) is 16.5 Å². The summed E-state index contributed by atoms with van der Waals surface area (Å²) in [5.74, 6) is -0.524. The van der Waals surface area contributed by atoms with Crippen molar-refractivity contribution in [2.75, 3.05) is 5.32 Å². The third-order valence-electron chi connectivity index (χ3n) is 4.79. The summed E-state index contributed by atoms with van der Waals surface area (Å²) in [7, 11) is 0. The normalized spacial score (nSPS) is 16.5. The van der Waals surface area contributed by atoms with Crippen molar-refractivity contribution in [1.82, 2.24) is 15.3 Å². The molecule has 1 aromatic carbocycles. The average molecular weight is 410 g/mol. The number of alkyl halides is 3. The molecule has 1 aliphatic heterocycles. The Morgan fingerprint density at radius 2 is 1.93 bits per heavy atom. The van der Waals surface area contributed by atoms with Gasteiger partial charge in [0.15, 0.2) is 0 Å². The number of nitrogens with zero attached hydrogens (tertiary/aromatic N) is 2. The predicted molar refractivity (Wildman–Crippen MR) is 108 cm³/mol. The van der Waals surface area contributed by atoms with E-state index in [1.54, 1.807) is 18.5 Å². The fourth-order valence-corrected chi connectivity index (χ4v) is 3.30. The van der Waals surface area contributed by atoms with Gasteiger partial charge < -0.3 is 10.6 Å². The number of carbonyl (C=O) groups excluding carboxylic acids is 1. The highest BCUT2D eigenvalue weighted by atomic mass is 19.4. The molecule has 1 atom stereocenters. The number of dihydropyridines is 1. The number of amides is 1. The molecule has 30 heavy (non-hydrogen) atoms. The largest absolute Gasteiger partial charge is 0.433 e. The number of hydrogen-bond acceptors (Lipinski definition) is 4. The van der Waals surface area contributed by atoms with Crippen LogP contribution in [0.3, 0.4) is 0 Å². The molecule has 1 aliphatic rings. The van der Waals surface area contributed by atoms with E-state index in [9.17, 15) is 18.0 Å². The molecule has 0 spiro atoms. The van der Waals surface area contributed by atoms with Gasteiger partial charge in [-0.25, -0.2) is 0 Å². The van der Waals surface area contributed by atoms with E-state index < -0.39 is 17.8 Å². The standard InChI is InChI=1S/C22H17F3N4O/c1-13-18(16-4-2-6-19-17(16)5-3-8-26-19)10-14(12-28-13)21(30)29-15-7-9-27-20(11-15)22(23,24)25/h2-13,28H,1H3,(H,27,29,30). The highest BCUT2D eigenvalue weighted by molar-refractivity contribution is 6.08. The molecule has 2 N–H and O–H groups in total. The van der Waals surface area contributed by atoms with E-state index in [0.717, 1.165) is 34.3 Å². The highest BCUT2D eigenvalue weighted by Gasteiger charge is 2.32. The smallest absolute Gasteiger partial charge is 0.384 e. The van der Waals surface area contributed by atoms with Crippen molar-refractivity contribution in [2.24, 2.45) is 0 Å². The van der Waals surface area contributed by atoms with Crippen LogP contribution in [0.4, 0.5) is 18.9 Å². The second-order valence-electron chi connectivity index (χ2n) is 6.85. The number of hydrogen-bond donors (Lipinski definition) is 2. The molecule has 0 saturated heterocycles. The number of fused-ring (bicyclic) bond motifs is 1. The monoisotopic (exact) mass is 410 g/mol. The van der Waals surface area contributed by atoms with E-state index in [4.69, 9.17) is 0 Å². The fourth-order valence-electron chi connectivity index (χ4n) is 3.30. The van der Waals surface area contributed by atoms with Gasteiger partial charge in [-0.2, -0.15) is 13.2 Å². The van der Waals surface area contributed by atoms with Gasteiger partial charge in [0.05, 0.1) is 11.1 Å². The minimum absolute atomic E-state index is 0.0196. The lowest BCUT2D eigenvalue weighted by Crippen LogP contribution is -2.28. The van der Waals surface area contributed by atoms with Crippen LogP contribution in [0.5, 0.6) is 0 Å². The lowest BCUT2D eigenvalue weighted by molar-refractivity contribution is -0.141. The van der Waals surface area contributed by atoms with Crippen LogP contribution in [-0.4, -0.2) is 21.9 Å². The van der Waals surface area contributed by atoms with Gasteiger partial charge in [-0.3, -0.25) is 14.8 Å². The van der Waals surface area contributed by atoms with Crippen LogP contribution in [0.2, 0.25) is 0 Å². The van der Waals surface area contributed by atoms with Crippen LogP contribution in [0, 0.1) is 0 Å². The van der Waals surface area contributed by atoms with Gasteiger partial charge in [-0.05, 0) is 48.4 Å². The third kappa shape index (κ3) is 3.89. The van der Waals surface area contributed by atoms with E-state index in [2.05, 4.69) is 20.6 Å². The first-order valence-corrected chi connectivity index (χ1v) is 9.19. The SMILES string of the molecule is CC1NC=C(C(=O)Nc2ccnc(C(F)(F)F)c2)C=C1c1cccc2ncccc12. The molecule has 3 aromatic rings. The molecule has 4 rings (SSSR count). The minimum Gasteiger partial charge on any atom is -0.384 e. The van der Waals surface area contributed by atoms with Gasteiger partial charge in [0.1, 0.15) is 5.69 Å². The summed E-state index contributed by atoms with van der Waals surface area (Å²) < 4.78 is 38.6. The highest BCUT2D eigenvalue weighted by Crippen LogP contribution is 2.31. The first-order chi connectivity index (χ1) is 14.3. The third-order valence-corrected chi connectivity index (χ3v) is 4.79. The van der Waals surface area contributed by atoms with E-state index in [0.29, 0.717) is 5.57 Å². The van der Waals surface area contributed by atoms with Crippen molar-refractivity contribution < 1.29 is 18.0 Å². The maximum Gasteiger partial charge on any atom is 0.433 e. The average Bonchev–Trinajstić information content (AvgIpc) is 2.73. The van der Waals surface area contributed by atoms with Gasteiger partial charge >= 0.3 is 6.18 Å². The number of benzene rings is 1. The number of halogens is 3. The predicted octanol–water partition coefficient (Wildman–Crippen LogP) is 4.55. The lowest BCUT2D eigenvalue weighted by Gasteiger charge is -2.23. The zero-order chi connectivity index (χ0) is 21.3. The Labute approximate surface area is 170 Å². The second-order valence-corrected chi connectivity index (χ2v) is 6.85. The van der Waals surface area contributed by atoms with E-state index in [-0.39, 0.29) is 11.7 Å². The Bertz CT molecular complexity index is 1180. The topological polar surface area (TPSA) is 66.9 Å².